The summed E-state index contributed by atoms with van der Waals surface area (Å²) < 4.78 is 49.8. The summed E-state index contributed by atoms with van der Waals surface area (Å²) in [5.74, 6) is 0.276. The molecule has 0 radical (unpaired) electrons. The number of ether oxygens (including phenoxy) is 2. The van der Waals surface area contributed by atoms with Gasteiger partial charge >= 0.3 is 0 Å². The van der Waals surface area contributed by atoms with Crippen LogP contribution in [0.25, 0.3) is 27.7 Å². The summed E-state index contributed by atoms with van der Waals surface area (Å²) in [6.45, 7) is 1.20. The highest BCUT2D eigenvalue weighted by molar-refractivity contribution is 5.89. The van der Waals surface area contributed by atoms with E-state index in [1.165, 1.54) is 4.68 Å². The van der Waals surface area contributed by atoms with E-state index in [0.717, 1.165) is 44.5 Å². The lowest BCUT2D eigenvalue weighted by Gasteiger charge is -2.46. The Morgan fingerprint density at radius 3 is 2.94 bits per heavy atom. The molecule has 6 rings (SSSR count). The summed E-state index contributed by atoms with van der Waals surface area (Å²) in [6.07, 6.45) is 5.84. The molecule has 1 saturated carbocycles. The van der Waals surface area contributed by atoms with E-state index in [-0.39, 0.29) is 18.5 Å². The molecule has 33 heavy (non-hydrogen) atoms. The molecule has 0 unspecified atom stereocenters. The average molecular weight is 455 g/mol. The minimum Gasteiger partial charge on any atom is -0.479 e. The van der Waals surface area contributed by atoms with E-state index in [1.807, 2.05) is 18.2 Å². The Labute approximate surface area is 194 Å². The first-order valence-electron chi connectivity index (χ1n) is 12.6. The Balaban J connectivity index is 1.36. The lowest BCUT2D eigenvalue weighted by atomic mass is 9.71. The van der Waals surface area contributed by atoms with Crippen molar-refractivity contribution in [3.63, 3.8) is 0 Å². The Morgan fingerprint density at radius 2 is 2.18 bits per heavy atom. The first-order valence-corrected chi connectivity index (χ1v) is 11.1. The summed E-state index contributed by atoms with van der Waals surface area (Å²) in [5, 5.41) is 16.1. The summed E-state index contributed by atoms with van der Waals surface area (Å²) in [4.78, 5) is 4.48. The maximum Gasteiger partial charge on any atom is 0.244 e. The number of fused-ring (bicyclic) bond motifs is 2. The predicted molar refractivity (Wildman–Crippen MR) is 121 cm³/mol. The number of rotatable bonds is 6. The molecule has 172 valence electrons. The lowest BCUT2D eigenvalue weighted by molar-refractivity contribution is -0.131. The van der Waals surface area contributed by atoms with Crippen LogP contribution in [0.4, 0.5) is 10.3 Å². The van der Waals surface area contributed by atoms with Crippen LogP contribution >= 0.6 is 0 Å². The van der Waals surface area contributed by atoms with E-state index < -0.39 is 13.7 Å². The minimum absolute atomic E-state index is 0.0392. The van der Waals surface area contributed by atoms with Gasteiger partial charge < -0.3 is 14.8 Å². The van der Waals surface area contributed by atoms with Crippen molar-refractivity contribution in [2.24, 2.45) is 5.41 Å². The number of hydrogen-bond acceptors (Lipinski definition) is 7. The van der Waals surface area contributed by atoms with Gasteiger partial charge in [-0.05, 0) is 49.4 Å². The van der Waals surface area contributed by atoms with E-state index in [2.05, 4.69) is 25.7 Å². The van der Waals surface area contributed by atoms with Gasteiger partial charge in [-0.25, -0.2) is 13.6 Å². The number of nitrogens with zero attached hydrogens (tertiary/aromatic N) is 6. The highest BCUT2D eigenvalue weighted by atomic mass is 19.1. The topological polar surface area (TPSA) is 91.4 Å². The molecule has 2 fully saturated rings. The number of aryl methyl sites for hydroxylation is 1. The number of nitrogens with one attached hydrogen (secondary N) is 1. The first-order chi connectivity index (χ1) is 17.3. The molecular formula is C23H26FN7O2. The van der Waals surface area contributed by atoms with E-state index in [0.29, 0.717) is 33.5 Å². The SMILES string of the molecule is [2H]C([2H])([2H])Oc1nc(NC2CCC3(CC2)COC3)nn2ccc(-c3ccc4nnn(CCF)c4c3)c12. The van der Waals surface area contributed by atoms with Crippen molar-refractivity contribution in [2.45, 2.75) is 38.3 Å². The van der Waals surface area contributed by atoms with Crippen molar-refractivity contribution in [2.75, 3.05) is 32.2 Å². The molecule has 1 N–H and O–H groups in total. The normalized spacial score (nSPS) is 19.8. The Hall–Kier alpha value is -3.27. The van der Waals surface area contributed by atoms with Crippen LogP contribution in [0.15, 0.2) is 30.5 Å². The highest BCUT2D eigenvalue weighted by Gasteiger charge is 2.41. The van der Waals surface area contributed by atoms with Crippen molar-refractivity contribution < 1.29 is 18.0 Å². The fraction of sp³-hybridized carbons (Fsp3) is 0.478. The molecule has 9 nitrogen and oxygen atoms in total. The molecule has 1 saturated heterocycles. The first kappa shape index (κ1) is 17.2. The molecule has 1 aliphatic carbocycles. The van der Waals surface area contributed by atoms with Crippen molar-refractivity contribution >= 4 is 22.5 Å². The maximum atomic E-state index is 13.0. The Kier molecular flexibility index (Phi) is 4.15. The van der Waals surface area contributed by atoms with Gasteiger partial charge in [0.1, 0.15) is 17.7 Å². The van der Waals surface area contributed by atoms with Gasteiger partial charge in [-0.2, -0.15) is 4.98 Å². The largest absolute Gasteiger partial charge is 0.479 e. The summed E-state index contributed by atoms with van der Waals surface area (Å²) in [7, 11) is -2.69. The Morgan fingerprint density at radius 1 is 1.30 bits per heavy atom. The van der Waals surface area contributed by atoms with Crippen molar-refractivity contribution in [3.05, 3.63) is 30.5 Å². The van der Waals surface area contributed by atoms with Crippen LogP contribution in [-0.4, -0.2) is 62.6 Å². The number of methoxy groups -OCH3 is 1. The van der Waals surface area contributed by atoms with Gasteiger partial charge in [0.2, 0.25) is 11.8 Å². The lowest BCUT2D eigenvalue weighted by Crippen LogP contribution is -2.47. The standard InChI is InChI=1S/C23H26FN7O2/c1-32-21-20-17(15-2-3-18-19(12-15)30(11-9-24)29-27-18)6-10-31(20)28-22(26-21)25-16-4-7-23(8-5-16)13-33-14-23/h2-3,6,10,12,16H,4-5,7-9,11,13-14H2,1H3,(H,25,28)/i1D3. The van der Waals surface area contributed by atoms with E-state index >= 15 is 0 Å². The van der Waals surface area contributed by atoms with Gasteiger partial charge in [0.15, 0.2) is 0 Å². The Bertz CT molecular complexity index is 1410. The second-order valence-electron chi connectivity index (χ2n) is 8.98. The second-order valence-corrected chi connectivity index (χ2v) is 8.98. The molecule has 0 bridgehead atoms. The summed E-state index contributed by atoms with van der Waals surface area (Å²) in [5.41, 5.74) is 3.50. The third kappa shape index (κ3) is 3.49. The highest BCUT2D eigenvalue weighted by Crippen LogP contribution is 2.42. The zero-order valence-electron chi connectivity index (χ0n) is 21.0. The van der Waals surface area contributed by atoms with Gasteiger partial charge in [0, 0.05) is 23.2 Å². The van der Waals surface area contributed by atoms with E-state index in [1.54, 1.807) is 16.8 Å². The molecular weight excluding hydrogens is 425 g/mol. The van der Waals surface area contributed by atoms with Crippen LogP contribution in [-0.2, 0) is 11.3 Å². The molecule has 0 atom stereocenters. The second kappa shape index (κ2) is 7.95. The minimum atomic E-state index is -2.69. The van der Waals surface area contributed by atoms with Crippen molar-refractivity contribution in [1.29, 1.82) is 0 Å². The van der Waals surface area contributed by atoms with Gasteiger partial charge in [-0.15, -0.1) is 10.2 Å². The fourth-order valence-electron chi connectivity index (χ4n) is 4.97. The molecule has 4 aromatic rings. The smallest absolute Gasteiger partial charge is 0.244 e. The fourth-order valence-corrected chi connectivity index (χ4v) is 4.97. The molecule has 1 aromatic carbocycles. The quantitative estimate of drug-likeness (QED) is 0.477. The molecule has 3 aromatic heterocycles. The monoisotopic (exact) mass is 454 g/mol. The third-order valence-corrected chi connectivity index (χ3v) is 6.89. The zero-order chi connectivity index (χ0) is 24.9. The third-order valence-electron chi connectivity index (χ3n) is 6.89. The maximum absolute atomic E-state index is 13.0. The molecule has 1 spiro atoms. The number of anilines is 1. The molecule has 4 heterocycles. The average Bonchev–Trinajstić information content (AvgIpc) is 3.42. The van der Waals surface area contributed by atoms with Gasteiger partial charge in [0.05, 0.1) is 36.4 Å². The number of hydrogen-bond donors (Lipinski definition) is 1. The number of benzene rings is 1. The zero-order valence-corrected chi connectivity index (χ0v) is 18.0. The van der Waals surface area contributed by atoms with Crippen LogP contribution in [0.3, 0.4) is 0 Å². The van der Waals surface area contributed by atoms with Crippen molar-refractivity contribution in [1.82, 2.24) is 29.6 Å². The van der Waals surface area contributed by atoms with Crippen molar-refractivity contribution in [3.8, 4) is 17.0 Å². The molecule has 2 aliphatic rings. The number of aromatic nitrogens is 6. The summed E-state index contributed by atoms with van der Waals surface area (Å²) in [6, 6.07) is 7.49. The molecule has 10 heteroatoms. The van der Waals surface area contributed by atoms with Crippen LogP contribution in [0, 0.1) is 5.41 Å². The van der Waals surface area contributed by atoms with Crippen LogP contribution < -0.4 is 10.1 Å². The molecule has 0 amide bonds. The van der Waals surface area contributed by atoms with Gasteiger partial charge in [0.25, 0.3) is 0 Å². The number of halogens is 1. The van der Waals surface area contributed by atoms with E-state index in [4.69, 9.17) is 13.6 Å². The van der Waals surface area contributed by atoms with Crippen LogP contribution in [0.2, 0.25) is 0 Å². The van der Waals surface area contributed by atoms with Crippen LogP contribution in [0.1, 0.15) is 29.8 Å². The van der Waals surface area contributed by atoms with E-state index in [9.17, 15) is 4.39 Å². The molecule has 1 aliphatic heterocycles. The summed E-state index contributed by atoms with van der Waals surface area (Å²) >= 11 is 0. The predicted octanol–water partition coefficient (Wildman–Crippen LogP) is 3.49. The van der Waals surface area contributed by atoms with Gasteiger partial charge in [-0.3, -0.25) is 0 Å². The van der Waals surface area contributed by atoms with Gasteiger partial charge in [-0.1, -0.05) is 11.3 Å². The number of alkyl halides is 1. The van der Waals surface area contributed by atoms with Crippen LogP contribution in [0.5, 0.6) is 5.88 Å².